The van der Waals surface area contributed by atoms with Crippen molar-refractivity contribution in [2.45, 2.75) is 0 Å². The lowest BCUT2D eigenvalue weighted by atomic mass is 9.96. The predicted octanol–water partition coefficient (Wildman–Crippen LogP) is 11.5. The fraction of sp³-hybridized carbons (Fsp3) is 0. The quantitative estimate of drug-likeness (QED) is 0.211. The third-order valence-corrected chi connectivity index (χ3v) is 7.12. The van der Waals surface area contributed by atoms with Crippen molar-refractivity contribution < 1.29 is 23.6 Å². The maximum absolute atomic E-state index is 9.35. The van der Waals surface area contributed by atoms with E-state index in [1.54, 1.807) is 30.3 Å². The molecule has 8 aromatic rings. The Morgan fingerprint density at radius 2 is 1.17 bits per heavy atom. The van der Waals surface area contributed by atoms with Gasteiger partial charge in [-0.05, 0) is 64.4 Å². The summed E-state index contributed by atoms with van der Waals surface area (Å²) in [4.78, 5) is 1.11. The average Bonchev–Trinajstić information content (AvgIpc) is 3.60. The molecule has 0 saturated heterocycles. The standard InChI is InChI=1S/C40H27NO/c1-3-12-28(13-4-1)29-22-25-32(26-23-29)41(31-15-5-2-6-16-31)37-20-10-9-18-34(37)35-19-11-21-38-39(35)36-27-24-30-14-7-8-17-33(30)40(36)42-38/h1-27H/i1D,2D,3D,4D,5D,6D,12D,13D,15D,16D,22D,23D,25D,26D. The van der Waals surface area contributed by atoms with Crippen LogP contribution in [-0.2, 0) is 0 Å². The molecule has 1 heterocycles. The minimum absolute atomic E-state index is 0.130. The van der Waals surface area contributed by atoms with E-state index in [9.17, 15) is 2.74 Å². The van der Waals surface area contributed by atoms with Crippen LogP contribution in [0.5, 0.6) is 0 Å². The van der Waals surface area contributed by atoms with Crippen molar-refractivity contribution in [1.29, 1.82) is 0 Å². The van der Waals surface area contributed by atoms with Crippen LogP contribution in [0.25, 0.3) is 55.0 Å². The highest BCUT2D eigenvalue weighted by atomic mass is 16.3. The van der Waals surface area contributed by atoms with Crippen LogP contribution in [0.2, 0.25) is 0 Å². The molecule has 0 bridgehead atoms. The van der Waals surface area contributed by atoms with E-state index < -0.39 is 107 Å². The molecule has 0 aliphatic rings. The second kappa shape index (κ2) is 10.1. The van der Waals surface area contributed by atoms with Crippen LogP contribution in [0.1, 0.15) is 19.2 Å². The topological polar surface area (TPSA) is 16.4 Å². The summed E-state index contributed by atoms with van der Waals surface area (Å²) in [5, 5.41) is 3.30. The van der Waals surface area contributed by atoms with Crippen LogP contribution in [-0.4, -0.2) is 0 Å². The molecule has 0 atom stereocenters. The maximum atomic E-state index is 9.35. The predicted molar refractivity (Wildman–Crippen MR) is 177 cm³/mol. The number of benzene rings is 7. The summed E-state index contributed by atoms with van der Waals surface area (Å²) in [6, 6.07) is 13.6. The largest absolute Gasteiger partial charge is 0.455 e. The molecule has 2 heteroatoms. The molecule has 0 aliphatic carbocycles. The van der Waals surface area contributed by atoms with Gasteiger partial charge in [-0.15, -0.1) is 0 Å². The van der Waals surface area contributed by atoms with Gasteiger partial charge in [-0.2, -0.15) is 0 Å². The molecule has 198 valence electrons. The second-order valence-corrected chi connectivity index (χ2v) is 9.49. The summed E-state index contributed by atoms with van der Waals surface area (Å²) in [5.41, 5.74) is 0.246. The van der Waals surface area contributed by atoms with Gasteiger partial charge in [0.25, 0.3) is 0 Å². The molecule has 1 aromatic heterocycles. The molecule has 7 aromatic carbocycles. The van der Waals surface area contributed by atoms with E-state index in [1.807, 2.05) is 48.5 Å². The van der Waals surface area contributed by atoms with E-state index in [1.165, 1.54) is 0 Å². The van der Waals surface area contributed by atoms with Gasteiger partial charge in [0.05, 0.1) is 24.9 Å². The Hall–Kier alpha value is -5.60. The zero-order chi connectivity index (χ0) is 40.1. The SMILES string of the molecule is [2H]c1c([2H])c([2H])c(-c2c([2H])c([2H])c(N(c3ccccc3-c3cccc4oc5c6ccccc6ccc5c34)c3c([2H])c([2H])c([2H])c([2H])c3[2H])c([2H])c2[2H])c([2H])c1[2H]. The van der Waals surface area contributed by atoms with E-state index in [0.717, 1.165) is 21.1 Å². The molecule has 2 nitrogen and oxygen atoms in total. The Bertz CT molecular complexity index is 2910. The van der Waals surface area contributed by atoms with E-state index in [4.69, 9.17) is 20.9 Å². The number of rotatable bonds is 5. The van der Waals surface area contributed by atoms with Gasteiger partial charge in [-0.1, -0.05) is 121 Å². The Kier molecular flexibility index (Phi) is 3.33. The number of furan rings is 1. The third kappa shape index (κ3) is 4.05. The van der Waals surface area contributed by atoms with Crippen LogP contribution in [0.3, 0.4) is 0 Å². The molecule has 0 spiro atoms. The summed E-state index contributed by atoms with van der Waals surface area (Å²) < 4.78 is 128. The third-order valence-electron chi connectivity index (χ3n) is 7.12. The first-order chi connectivity index (χ1) is 26.7. The zero-order valence-electron chi connectivity index (χ0n) is 35.9. The molecule has 8 rings (SSSR count). The summed E-state index contributed by atoms with van der Waals surface area (Å²) in [5.74, 6) is 0. The Morgan fingerprint density at radius 3 is 2.00 bits per heavy atom. The molecule has 0 aliphatic heterocycles. The van der Waals surface area contributed by atoms with Gasteiger partial charge in [-0.25, -0.2) is 0 Å². The smallest absolute Gasteiger partial charge is 0.143 e. The van der Waals surface area contributed by atoms with Gasteiger partial charge in [0, 0.05) is 33.1 Å². The molecule has 42 heavy (non-hydrogen) atoms. The van der Waals surface area contributed by atoms with Gasteiger partial charge >= 0.3 is 0 Å². The fourth-order valence-electron chi connectivity index (χ4n) is 5.30. The van der Waals surface area contributed by atoms with Crippen molar-refractivity contribution in [2.75, 3.05) is 4.90 Å². The molecule has 0 saturated carbocycles. The normalized spacial score (nSPS) is 16.0. The van der Waals surface area contributed by atoms with Crippen molar-refractivity contribution >= 4 is 49.8 Å². The second-order valence-electron chi connectivity index (χ2n) is 9.49. The van der Waals surface area contributed by atoms with Gasteiger partial charge in [0.1, 0.15) is 11.2 Å². The van der Waals surface area contributed by atoms with Crippen molar-refractivity contribution in [1.82, 2.24) is 0 Å². The average molecular weight is 552 g/mol. The zero-order valence-corrected chi connectivity index (χ0v) is 21.9. The number of fused-ring (bicyclic) bond motifs is 5. The highest BCUT2D eigenvalue weighted by Gasteiger charge is 2.20. The maximum Gasteiger partial charge on any atom is 0.143 e. The lowest BCUT2D eigenvalue weighted by molar-refractivity contribution is 0.673. The van der Waals surface area contributed by atoms with E-state index >= 15 is 0 Å². The van der Waals surface area contributed by atoms with Crippen LogP contribution in [0.4, 0.5) is 17.1 Å². The molecule has 0 amide bonds. The van der Waals surface area contributed by atoms with Gasteiger partial charge < -0.3 is 9.32 Å². The van der Waals surface area contributed by atoms with Crippen molar-refractivity contribution in [2.24, 2.45) is 0 Å². The summed E-state index contributed by atoms with van der Waals surface area (Å²) in [6.07, 6.45) is 0. The minimum Gasteiger partial charge on any atom is -0.455 e. The lowest BCUT2D eigenvalue weighted by Gasteiger charge is -2.28. The minimum atomic E-state index is -0.774. The summed E-state index contributed by atoms with van der Waals surface area (Å²) in [6.45, 7) is 0. The number of anilines is 3. The highest BCUT2D eigenvalue weighted by molar-refractivity contribution is 6.19. The molecule has 0 fully saturated rings. The lowest BCUT2D eigenvalue weighted by Crippen LogP contribution is -2.11. The van der Waals surface area contributed by atoms with Crippen molar-refractivity contribution in [3.63, 3.8) is 0 Å². The number of para-hydroxylation sites is 2. The van der Waals surface area contributed by atoms with Crippen LogP contribution in [0.15, 0.2) is 168 Å². The monoisotopic (exact) mass is 551 g/mol. The van der Waals surface area contributed by atoms with E-state index in [2.05, 4.69) is 0 Å². The summed E-state index contributed by atoms with van der Waals surface area (Å²) in [7, 11) is 0. The first-order valence-electron chi connectivity index (χ1n) is 20.1. The number of nitrogens with zero attached hydrogens (tertiary/aromatic N) is 1. The Balaban J connectivity index is 1.49. The molecular weight excluding hydrogens is 510 g/mol. The number of hydrogen-bond donors (Lipinski definition) is 0. The van der Waals surface area contributed by atoms with Crippen LogP contribution >= 0.6 is 0 Å². The van der Waals surface area contributed by atoms with Gasteiger partial charge in [0.15, 0.2) is 0 Å². The number of hydrogen-bond acceptors (Lipinski definition) is 2. The van der Waals surface area contributed by atoms with E-state index in [-0.39, 0.29) is 5.69 Å². The van der Waals surface area contributed by atoms with Gasteiger partial charge in [-0.3, -0.25) is 0 Å². The summed E-state index contributed by atoms with van der Waals surface area (Å²) >= 11 is 0. The molecule has 0 radical (unpaired) electrons. The molecule has 0 N–H and O–H groups in total. The highest BCUT2D eigenvalue weighted by Crippen LogP contribution is 2.45. The first-order valence-corrected chi connectivity index (χ1v) is 13.1. The Labute approximate surface area is 264 Å². The van der Waals surface area contributed by atoms with Gasteiger partial charge in [0.2, 0.25) is 0 Å². The molecular formula is C40H27NO. The van der Waals surface area contributed by atoms with E-state index in [0.29, 0.717) is 27.7 Å². The van der Waals surface area contributed by atoms with Crippen molar-refractivity contribution in [3.8, 4) is 22.3 Å². The Morgan fingerprint density at radius 1 is 0.500 bits per heavy atom. The van der Waals surface area contributed by atoms with Crippen LogP contribution in [0, 0.1) is 0 Å². The first kappa shape index (κ1) is 13.8. The van der Waals surface area contributed by atoms with Crippen molar-refractivity contribution in [3.05, 3.63) is 163 Å². The van der Waals surface area contributed by atoms with Crippen LogP contribution < -0.4 is 4.90 Å². The fourth-order valence-corrected chi connectivity index (χ4v) is 5.30. The molecule has 0 unspecified atom stereocenters.